The molecule has 0 spiro atoms. The van der Waals surface area contributed by atoms with Crippen LogP contribution < -0.4 is 0 Å². The number of imidazole rings is 1. The van der Waals surface area contributed by atoms with Crippen LogP contribution in [0.2, 0.25) is 0 Å². The van der Waals surface area contributed by atoms with Crippen molar-refractivity contribution in [1.82, 2.24) is 19.4 Å². The van der Waals surface area contributed by atoms with Crippen molar-refractivity contribution in [2.45, 2.75) is 56.8 Å². The number of aryl methyl sites for hydroxylation is 1. The van der Waals surface area contributed by atoms with Crippen molar-refractivity contribution in [3.8, 4) is 0 Å². The van der Waals surface area contributed by atoms with Crippen molar-refractivity contribution < 1.29 is 13.2 Å². The Labute approximate surface area is 195 Å². The Morgan fingerprint density at radius 2 is 1.91 bits per heavy atom. The molecule has 9 heteroatoms. The van der Waals surface area contributed by atoms with Gasteiger partial charge in [-0.1, -0.05) is 50.1 Å². The minimum atomic E-state index is -2.87. The lowest BCUT2D eigenvalue weighted by Crippen LogP contribution is -2.52. The number of hydrogen-bond donors (Lipinski definition) is 0. The number of carbonyl (C=O) groups excluding carboxylic acids is 1. The van der Waals surface area contributed by atoms with Crippen molar-refractivity contribution in [2.24, 2.45) is 0 Å². The van der Waals surface area contributed by atoms with Crippen LogP contribution in [0.25, 0.3) is 11.0 Å². The van der Waals surface area contributed by atoms with Gasteiger partial charge in [0.15, 0.2) is 15.0 Å². The molecule has 2 aromatic rings. The van der Waals surface area contributed by atoms with Gasteiger partial charge in [-0.2, -0.15) is 0 Å². The summed E-state index contributed by atoms with van der Waals surface area (Å²) in [6.45, 7) is 6.00. The van der Waals surface area contributed by atoms with Gasteiger partial charge in [0.25, 0.3) is 0 Å². The highest BCUT2D eigenvalue weighted by Gasteiger charge is 2.34. The number of amides is 1. The summed E-state index contributed by atoms with van der Waals surface area (Å²) in [5.41, 5.74) is 2.12. The van der Waals surface area contributed by atoms with E-state index >= 15 is 0 Å². The van der Waals surface area contributed by atoms with Crippen LogP contribution in [0.3, 0.4) is 0 Å². The molecule has 32 heavy (non-hydrogen) atoms. The standard InChI is InChI=1S/C23H34N4O3S2/c1-2-3-4-7-11-27-21-9-6-5-8-20(21)24-23(27)31-17-22(28)26-14-12-25(13-15-26)19-10-16-32(29,30)18-19/h5-6,8-9,19H,2-4,7,10-18H2,1H3. The van der Waals surface area contributed by atoms with Gasteiger partial charge in [-0.05, 0) is 25.0 Å². The Kier molecular flexibility index (Phi) is 7.78. The Morgan fingerprint density at radius 3 is 2.62 bits per heavy atom. The minimum absolute atomic E-state index is 0.124. The predicted molar refractivity (Wildman–Crippen MR) is 130 cm³/mol. The highest BCUT2D eigenvalue weighted by Crippen LogP contribution is 2.26. The highest BCUT2D eigenvalue weighted by molar-refractivity contribution is 7.99. The van der Waals surface area contributed by atoms with Crippen LogP contribution >= 0.6 is 11.8 Å². The van der Waals surface area contributed by atoms with Gasteiger partial charge >= 0.3 is 0 Å². The quantitative estimate of drug-likeness (QED) is 0.407. The molecule has 1 atom stereocenters. The topological polar surface area (TPSA) is 75.5 Å². The number of unbranched alkanes of at least 4 members (excludes halogenated alkanes) is 3. The number of fused-ring (bicyclic) bond motifs is 1. The lowest BCUT2D eigenvalue weighted by molar-refractivity contribution is -0.130. The summed E-state index contributed by atoms with van der Waals surface area (Å²) in [5.74, 6) is 1.09. The van der Waals surface area contributed by atoms with E-state index in [4.69, 9.17) is 4.98 Å². The molecule has 1 aromatic carbocycles. The third-order valence-electron chi connectivity index (χ3n) is 6.57. The first-order chi connectivity index (χ1) is 15.5. The minimum Gasteiger partial charge on any atom is -0.339 e. The summed E-state index contributed by atoms with van der Waals surface area (Å²) in [5, 5.41) is 0.922. The maximum Gasteiger partial charge on any atom is 0.233 e. The summed E-state index contributed by atoms with van der Waals surface area (Å²) in [4.78, 5) is 21.8. The third kappa shape index (κ3) is 5.66. The Morgan fingerprint density at radius 1 is 1.12 bits per heavy atom. The maximum atomic E-state index is 12.9. The van der Waals surface area contributed by atoms with Gasteiger partial charge < -0.3 is 9.47 Å². The van der Waals surface area contributed by atoms with Crippen molar-refractivity contribution >= 4 is 38.5 Å². The molecule has 1 unspecified atom stereocenters. The number of rotatable bonds is 9. The zero-order valence-corrected chi connectivity index (χ0v) is 20.5. The molecule has 3 heterocycles. The van der Waals surface area contributed by atoms with Crippen molar-refractivity contribution in [1.29, 1.82) is 0 Å². The molecular weight excluding hydrogens is 444 g/mol. The fourth-order valence-corrected chi connectivity index (χ4v) is 7.40. The molecule has 0 radical (unpaired) electrons. The van der Waals surface area contributed by atoms with E-state index in [9.17, 15) is 13.2 Å². The van der Waals surface area contributed by atoms with E-state index in [2.05, 4.69) is 22.5 Å². The summed E-state index contributed by atoms with van der Waals surface area (Å²) < 4.78 is 25.8. The second kappa shape index (κ2) is 10.6. The van der Waals surface area contributed by atoms with Gasteiger partial charge in [0.1, 0.15) is 0 Å². The number of nitrogens with zero attached hydrogens (tertiary/aromatic N) is 4. The lowest BCUT2D eigenvalue weighted by atomic mass is 10.2. The van der Waals surface area contributed by atoms with Crippen LogP contribution in [0, 0.1) is 0 Å². The van der Waals surface area contributed by atoms with Gasteiger partial charge in [0.2, 0.25) is 5.91 Å². The molecule has 0 aliphatic carbocycles. The number of hydrogen-bond acceptors (Lipinski definition) is 6. The largest absolute Gasteiger partial charge is 0.339 e. The fraction of sp³-hybridized carbons (Fsp3) is 0.652. The van der Waals surface area contributed by atoms with Crippen LogP contribution in [0.5, 0.6) is 0 Å². The van der Waals surface area contributed by atoms with Crippen molar-refractivity contribution in [3.05, 3.63) is 24.3 Å². The molecule has 176 valence electrons. The number of para-hydroxylation sites is 2. The van der Waals surface area contributed by atoms with Crippen LogP contribution in [0.4, 0.5) is 0 Å². The molecule has 2 aliphatic rings. The van der Waals surface area contributed by atoms with E-state index in [-0.39, 0.29) is 17.7 Å². The van der Waals surface area contributed by atoms with Crippen LogP contribution in [-0.4, -0.2) is 83.2 Å². The van der Waals surface area contributed by atoms with Gasteiger partial charge in [-0.15, -0.1) is 0 Å². The van der Waals surface area contributed by atoms with E-state index < -0.39 is 9.84 Å². The Balaban J connectivity index is 1.32. The van der Waals surface area contributed by atoms with Crippen LogP contribution in [-0.2, 0) is 21.2 Å². The van der Waals surface area contributed by atoms with Gasteiger partial charge in [-0.25, -0.2) is 13.4 Å². The van der Waals surface area contributed by atoms with Crippen LogP contribution in [0.15, 0.2) is 29.4 Å². The predicted octanol–water partition coefficient (Wildman–Crippen LogP) is 3.04. The second-order valence-electron chi connectivity index (χ2n) is 8.86. The smallest absolute Gasteiger partial charge is 0.233 e. The zero-order valence-electron chi connectivity index (χ0n) is 18.9. The first kappa shape index (κ1) is 23.6. The van der Waals surface area contributed by atoms with E-state index in [0.717, 1.165) is 48.7 Å². The summed E-state index contributed by atoms with van der Waals surface area (Å²) in [6.07, 6.45) is 5.50. The molecule has 2 fully saturated rings. The Bertz CT molecular complexity index is 1030. The van der Waals surface area contributed by atoms with Gasteiger partial charge in [0.05, 0.1) is 28.3 Å². The third-order valence-corrected chi connectivity index (χ3v) is 9.28. The molecule has 2 saturated heterocycles. The van der Waals surface area contributed by atoms with E-state index in [1.165, 1.54) is 31.0 Å². The summed E-state index contributed by atoms with van der Waals surface area (Å²) in [7, 11) is -2.87. The molecule has 1 aromatic heterocycles. The molecule has 0 bridgehead atoms. The average Bonchev–Trinajstić information content (AvgIpc) is 3.34. The molecule has 0 N–H and O–H groups in total. The van der Waals surface area contributed by atoms with Gasteiger partial charge in [0, 0.05) is 38.8 Å². The number of sulfone groups is 1. The summed E-state index contributed by atoms with van der Waals surface area (Å²) in [6, 6.07) is 8.31. The molecule has 4 rings (SSSR count). The number of aromatic nitrogens is 2. The average molecular weight is 479 g/mol. The molecule has 7 nitrogen and oxygen atoms in total. The lowest BCUT2D eigenvalue weighted by Gasteiger charge is -2.37. The molecule has 0 saturated carbocycles. The molecule has 1 amide bonds. The fourth-order valence-electron chi connectivity index (χ4n) is 4.69. The number of piperazine rings is 1. The molecule has 2 aliphatic heterocycles. The maximum absolute atomic E-state index is 12.9. The monoisotopic (exact) mass is 478 g/mol. The van der Waals surface area contributed by atoms with Crippen molar-refractivity contribution in [3.63, 3.8) is 0 Å². The number of carbonyl (C=O) groups is 1. The SMILES string of the molecule is CCCCCCn1c(SCC(=O)N2CCN(C3CCS(=O)(=O)C3)CC2)nc2ccccc21. The number of thioether (sulfide) groups is 1. The summed E-state index contributed by atoms with van der Waals surface area (Å²) >= 11 is 1.53. The normalized spacial score (nSPS) is 21.4. The second-order valence-corrected chi connectivity index (χ2v) is 12.0. The van der Waals surface area contributed by atoms with Gasteiger partial charge in [-0.3, -0.25) is 9.69 Å². The Hall–Kier alpha value is -1.58. The van der Waals surface area contributed by atoms with Crippen LogP contribution in [0.1, 0.15) is 39.0 Å². The van der Waals surface area contributed by atoms with E-state index in [0.29, 0.717) is 24.6 Å². The van der Waals surface area contributed by atoms with E-state index in [1.54, 1.807) is 0 Å². The number of benzene rings is 1. The van der Waals surface area contributed by atoms with Crippen molar-refractivity contribution in [2.75, 3.05) is 43.4 Å². The first-order valence-electron chi connectivity index (χ1n) is 11.8. The zero-order chi connectivity index (χ0) is 22.6. The van der Waals surface area contributed by atoms with E-state index in [1.807, 2.05) is 23.1 Å². The first-order valence-corrected chi connectivity index (χ1v) is 14.6. The highest BCUT2D eigenvalue weighted by atomic mass is 32.2. The molecular formula is C23H34N4O3S2.